The summed E-state index contributed by atoms with van der Waals surface area (Å²) in [6.45, 7) is 4.52. The standard InChI is InChI=1S/C17H19F3N2O7/c1-16(2,3)29-15(25)21-8-10(7-12(21)14(23)24)28-13-5-4-9(17(18,19)20)6-11(13)22(26)27/h4-6,10,12H,7-8H2,1-3H3,(H,23,24). The van der Waals surface area contributed by atoms with Gasteiger partial charge in [0.05, 0.1) is 17.0 Å². The van der Waals surface area contributed by atoms with E-state index in [1.807, 2.05) is 0 Å². The van der Waals surface area contributed by atoms with Crippen molar-refractivity contribution >= 4 is 17.7 Å². The van der Waals surface area contributed by atoms with E-state index in [1.54, 1.807) is 20.8 Å². The van der Waals surface area contributed by atoms with Gasteiger partial charge in [0, 0.05) is 12.5 Å². The Bertz CT molecular complexity index is 820. The molecule has 160 valence electrons. The van der Waals surface area contributed by atoms with Gasteiger partial charge >= 0.3 is 23.9 Å². The number of nitrogens with zero attached hydrogens (tertiary/aromatic N) is 2. The van der Waals surface area contributed by atoms with Crippen LogP contribution < -0.4 is 4.74 Å². The molecule has 0 aromatic heterocycles. The molecule has 2 rings (SSSR count). The summed E-state index contributed by atoms with van der Waals surface area (Å²) in [6, 6.07) is 0.457. The van der Waals surface area contributed by atoms with Gasteiger partial charge in [0.25, 0.3) is 0 Å². The molecule has 1 fully saturated rings. The maximum atomic E-state index is 12.8. The van der Waals surface area contributed by atoms with Gasteiger partial charge < -0.3 is 14.6 Å². The summed E-state index contributed by atoms with van der Waals surface area (Å²) >= 11 is 0. The first-order valence-electron chi connectivity index (χ1n) is 8.44. The average molecular weight is 420 g/mol. The monoisotopic (exact) mass is 420 g/mol. The van der Waals surface area contributed by atoms with E-state index < -0.39 is 57.9 Å². The van der Waals surface area contributed by atoms with Crippen molar-refractivity contribution in [2.45, 2.75) is 51.1 Å². The van der Waals surface area contributed by atoms with Crippen LogP contribution in [0.4, 0.5) is 23.7 Å². The highest BCUT2D eigenvalue weighted by Gasteiger charge is 2.43. The van der Waals surface area contributed by atoms with Crippen molar-refractivity contribution in [2.75, 3.05) is 6.54 Å². The third kappa shape index (κ3) is 5.48. The van der Waals surface area contributed by atoms with E-state index in [4.69, 9.17) is 9.47 Å². The second-order valence-corrected chi connectivity index (χ2v) is 7.40. The lowest BCUT2D eigenvalue weighted by Gasteiger charge is -2.26. The van der Waals surface area contributed by atoms with Crippen LogP contribution in [-0.4, -0.2) is 51.3 Å². The van der Waals surface area contributed by atoms with E-state index in [0.717, 1.165) is 11.0 Å². The fraction of sp³-hybridized carbons (Fsp3) is 0.529. The number of carboxylic acids is 1. The highest BCUT2D eigenvalue weighted by molar-refractivity contribution is 5.81. The Hall–Kier alpha value is -3.05. The Morgan fingerprint density at radius 3 is 2.38 bits per heavy atom. The topological polar surface area (TPSA) is 119 Å². The summed E-state index contributed by atoms with van der Waals surface area (Å²) in [5, 5.41) is 20.5. The van der Waals surface area contributed by atoms with E-state index in [9.17, 15) is 38.0 Å². The van der Waals surface area contributed by atoms with E-state index in [-0.39, 0.29) is 13.0 Å². The number of aliphatic carboxylic acids is 1. The molecule has 2 unspecified atom stereocenters. The molecule has 1 heterocycles. The second kappa shape index (κ2) is 7.76. The lowest BCUT2D eigenvalue weighted by Crippen LogP contribution is -2.43. The van der Waals surface area contributed by atoms with Crippen molar-refractivity contribution in [1.29, 1.82) is 0 Å². The zero-order valence-corrected chi connectivity index (χ0v) is 15.7. The van der Waals surface area contributed by atoms with Crippen molar-refractivity contribution < 1.29 is 42.3 Å². The van der Waals surface area contributed by atoms with E-state index in [1.165, 1.54) is 0 Å². The quantitative estimate of drug-likeness (QED) is 0.585. The predicted octanol–water partition coefficient (Wildman–Crippen LogP) is 3.46. The molecule has 1 aromatic rings. The van der Waals surface area contributed by atoms with Crippen LogP contribution in [0.2, 0.25) is 0 Å². The predicted molar refractivity (Wildman–Crippen MR) is 91.5 cm³/mol. The summed E-state index contributed by atoms with van der Waals surface area (Å²) in [4.78, 5) is 34.8. The summed E-state index contributed by atoms with van der Waals surface area (Å²) < 4.78 is 48.9. The minimum absolute atomic E-state index is 0.216. The summed E-state index contributed by atoms with van der Waals surface area (Å²) in [7, 11) is 0. The Balaban J connectivity index is 2.25. The molecule has 1 N–H and O–H groups in total. The molecule has 9 nitrogen and oxygen atoms in total. The Kier molecular flexibility index (Phi) is 5.95. The number of ether oxygens (including phenoxy) is 2. The molecule has 0 aliphatic carbocycles. The van der Waals surface area contributed by atoms with Crippen molar-refractivity contribution in [3.63, 3.8) is 0 Å². The highest BCUT2D eigenvalue weighted by Crippen LogP contribution is 2.37. The van der Waals surface area contributed by atoms with Crippen LogP contribution >= 0.6 is 0 Å². The number of carboxylic acid groups (broad SMARTS) is 1. The fourth-order valence-corrected chi connectivity index (χ4v) is 2.75. The van der Waals surface area contributed by atoms with Crippen LogP contribution in [0.25, 0.3) is 0 Å². The van der Waals surface area contributed by atoms with E-state index >= 15 is 0 Å². The zero-order valence-electron chi connectivity index (χ0n) is 15.7. The number of nitro benzene ring substituents is 1. The van der Waals surface area contributed by atoms with Gasteiger partial charge in [0.1, 0.15) is 17.7 Å². The van der Waals surface area contributed by atoms with Crippen LogP contribution in [0.15, 0.2) is 18.2 Å². The summed E-state index contributed by atoms with van der Waals surface area (Å²) in [5.41, 5.74) is -3.02. The minimum atomic E-state index is -4.78. The van der Waals surface area contributed by atoms with Gasteiger partial charge in [0.15, 0.2) is 5.75 Å². The average Bonchev–Trinajstić information content (AvgIpc) is 2.96. The molecule has 1 aliphatic heterocycles. The molecule has 1 aromatic carbocycles. The molecule has 0 spiro atoms. The molecule has 1 amide bonds. The Morgan fingerprint density at radius 2 is 1.90 bits per heavy atom. The number of alkyl halides is 3. The first kappa shape index (κ1) is 22.2. The summed E-state index contributed by atoms with van der Waals surface area (Å²) in [5.74, 6) is -1.79. The number of hydrogen-bond acceptors (Lipinski definition) is 6. The van der Waals surface area contributed by atoms with E-state index in [0.29, 0.717) is 12.1 Å². The van der Waals surface area contributed by atoms with Crippen molar-refractivity contribution in [1.82, 2.24) is 4.90 Å². The minimum Gasteiger partial charge on any atom is -0.482 e. The Morgan fingerprint density at radius 1 is 1.28 bits per heavy atom. The molecule has 29 heavy (non-hydrogen) atoms. The molecule has 12 heteroatoms. The van der Waals surface area contributed by atoms with Crippen LogP contribution in [0.3, 0.4) is 0 Å². The van der Waals surface area contributed by atoms with Crippen molar-refractivity contribution in [2.24, 2.45) is 0 Å². The lowest BCUT2D eigenvalue weighted by molar-refractivity contribution is -0.386. The molecule has 0 bridgehead atoms. The van der Waals surface area contributed by atoms with Gasteiger partial charge in [-0.1, -0.05) is 0 Å². The smallest absolute Gasteiger partial charge is 0.416 e. The second-order valence-electron chi connectivity index (χ2n) is 7.40. The van der Waals surface area contributed by atoms with Gasteiger partial charge in [-0.05, 0) is 32.9 Å². The molecular weight excluding hydrogens is 401 g/mol. The zero-order chi connectivity index (χ0) is 22.1. The molecule has 0 radical (unpaired) electrons. The maximum Gasteiger partial charge on any atom is 0.416 e. The molecule has 2 atom stereocenters. The number of carbonyl (C=O) groups excluding carboxylic acids is 1. The lowest BCUT2D eigenvalue weighted by atomic mass is 10.1. The molecule has 0 saturated carbocycles. The number of likely N-dealkylation sites (tertiary alicyclic amines) is 1. The summed E-state index contributed by atoms with van der Waals surface area (Å²) in [6.07, 6.45) is -6.89. The van der Waals surface area contributed by atoms with Crippen LogP contribution in [-0.2, 0) is 15.7 Å². The molecule has 1 aliphatic rings. The van der Waals surface area contributed by atoms with Gasteiger partial charge in [-0.3, -0.25) is 15.0 Å². The third-order valence-corrected chi connectivity index (χ3v) is 3.95. The van der Waals surface area contributed by atoms with Crippen molar-refractivity contribution in [3.05, 3.63) is 33.9 Å². The molecule has 1 saturated heterocycles. The number of carbonyl (C=O) groups is 2. The van der Waals surface area contributed by atoms with Crippen molar-refractivity contribution in [3.8, 4) is 5.75 Å². The van der Waals surface area contributed by atoms with Gasteiger partial charge in [-0.15, -0.1) is 0 Å². The normalized spacial score (nSPS) is 19.7. The Labute approximate surface area is 163 Å². The van der Waals surface area contributed by atoms with E-state index in [2.05, 4.69) is 0 Å². The number of benzene rings is 1. The van der Waals surface area contributed by atoms with Crippen LogP contribution in [0.1, 0.15) is 32.8 Å². The van der Waals surface area contributed by atoms with Gasteiger partial charge in [0.2, 0.25) is 0 Å². The SMILES string of the molecule is CC(C)(C)OC(=O)N1CC(Oc2ccc(C(F)(F)F)cc2[N+](=O)[O-])CC1C(=O)O. The first-order valence-corrected chi connectivity index (χ1v) is 8.44. The third-order valence-electron chi connectivity index (χ3n) is 3.95. The maximum absolute atomic E-state index is 12.8. The van der Waals surface area contributed by atoms with Crippen LogP contribution in [0.5, 0.6) is 5.75 Å². The number of hydrogen-bond donors (Lipinski definition) is 1. The first-order chi connectivity index (χ1) is 13.2. The van der Waals surface area contributed by atoms with Gasteiger partial charge in [-0.2, -0.15) is 13.2 Å². The number of nitro groups is 1. The van der Waals surface area contributed by atoms with Gasteiger partial charge in [-0.25, -0.2) is 9.59 Å². The highest BCUT2D eigenvalue weighted by atomic mass is 19.4. The number of amides is 1. The fourth-order valence-electron chi connectivity index (χ4n) is 2.75. The van der Waals surface area contributed by atoms with Crippen LogP contribution in [0, 0.1) is 10.1 Å². The number of rotatable bonds is 4. The largest absolute Gasteiger partial charge is 0.482 e. The molecular formula is C17H19F3N2O7. The number of halogens is 3.